The molecule has 2 fully saturated rings. The monoisotopic (exact) mass is 407 g/mol. The van der Waals surface area contributed by atoms with Crippen LogP contribution in [-0.2, 0) is 0 Å². The minimum Gasteiger partial charge on any atom is -0.363 e. The van der Waals surface area contributed by atoms with Crippen molar-refractivity contribution in [1.29, 1.82) is 0 Å². The zero-order valence-electron chi connectivity index (χ0n) is 18.2. The highest BCUT2D eigenvalue weighted by Crippen LogP contribution is 2.37. The highest BCUT2D eigenvalue weighted by atomic mass is 15.4. The van der Waals surface area contributed by atoms with E-state index < -0.39 is 0 Å². The van der Waals surface area contributed by atoms with Crippen LogP contribution < -0.4 is 14.7 Å². The second-order valence-corrected chi connectivity index (χ2v) is 8.60. The molecule has 0 N–H and O–H groups in total. The number of hydrogen-bond donors (Lipinski definition) is 0. The Morgan fingerprint density at radius 3 is 2.30 bits per heavy atom. The van der Waals surface area contributed by atoms with E-state index in [0.717, 1.165) is 49.1 Å². The van der Waals surface area contributed by atoms with E-state index in [4.69, 9.17) is 0 Å². The van der Waals surface area contributed by atoms with Gasteiger partial charge in [0, 0.05) is 56.6 Å². The lowest BCUT2D eigenvalue weighted by Gasteiger charge is -2.40. The standard InChI is InChI=1S/C21H29N9/c1-14-15(2)26-21-24-13-25-30(21)20(14)28-9-7-17(8-10-28)29(16-5-6-16)19-11-18(27(3)4)22-12-23-19/h11-13,16-17H,5-10H2,1-4H3. The van der Waals surface area contributed by atoms with Gasteiger partial charge in [-0.3, -0.25) is 0 Å². The molecule has 158 valence electrons. The third-order valence-corrected chi connectivity index (χ3v) is 6.33. The summed E-state index contributed by atoms with van der Waals surface area (Å²) in [6.07, 6.45) is 7.97. The molecule has 1 aliphatic heterocycles. The zero-order chi connectivity index (χ0) is 20.8. The van der Waals surface area contributed by atoms with E-state index in [1.165, 1.54) is 18.4 Å². The summed E-state index contributed by atoms with van der Waals surface area (Å²) in [5.41, 5.74) is 2.20. The second-order valence-electron chi connectivity index (χ2n) is 8.60. The van der Waals surface area contributed by atoms with Gasteiger partial charge in [-0.25, -0.2) is 15.0 Å². The second kappa shape index (κ2) is 7.37. The van der Waals surface area contributed by atoms with Gasteiger partial charge in [0.25, 0.3) is 5.78 Å². The van der Waals surface area contributed by atoms with E-state index in [-0.39, 0.29) is 0 Å². The smallest absolute Gasteiger partial charge is 0.254 e. The van der Waals surface area contributed by atoms with E-state index in [1.54, 1.807) is 12.7 Å². The van der Waals surface area contributed by atoms with Crippen molar-refractivity contribution in [2.45, 2.75) is 51.6 Å². The van der Waals surface area contributed by atoms with Crippen LogP contribution in [0.15, 0.2) is 18.7 Å². The first kappa shape index (κ1) is 19.0. The maximum atomic E-state index is 4.64. The van der Waals surface area contributed by atoms with Crippen LogP contribution in [0.2, 0.25) is 0 Å². The number of fused-ring (bicyclic) bond motifs is 1. The Morgan fingerprint density at radius 2 is 1.60 bits per heavy atom. The Kier molecular flexibility index (Phi) is 4.67. The molecule has 0 bridgehead atoms. The fourth-order valence-corrected chi connectivity index (χ4v) is 4.49. The summed E-state index contributed by atoms with van der Waals surface area (Å²) in [6, 6.07) is 3.23. The van der Waals surface area contributed by atoms with Crippen molar-refractivity contribution in [2.75, 3.05) is 41.9 Å². The van der Waals surface area contributed by atoms with Gasteiger partial charge in [0.05, 0.1) is 0 Å². The normalized spacial score (nSPS) is 17.5. The molecule has 4 heterocycles. The lowest BCUT2D eigenvalue weighted by molar-refractivity contribution is 0.455. The molecule has 0 unspecified atom stereocenters. The molecule has 0 atom stereocenters. The van der Waals surface area contributed by atoms with E-state index in [9.17, 15) is 0 Å². The Hall–Kier alpha value is -2.97. The molecule has 3 aromatic rings. The molecule has 0 spiro atoms. The lowest BCUT2D eigenvalue weighted by Crippen LogP contribution is -2.47. The average Bonchev–Trinajstić information content (AvgIpc) is 3.47. The highest BCUT2D eigenvalue weighted by Gasteiger charge is 2.37. The first-order valence-electron chi connectivity index (χ1n) is 10.7. The van der Waals surface area contributed by atoms with E-state index in [0.29, 0.717) is 17.9 Å². The largest absolute Gasteiger partial charge is 0.363 e. The van der Waals surface area contributed by atoms with Crippen molar-refractivity contribution in [2.24, 2.45) is 0 Å². The van der Waals surface area contributed by atoms with Crippen LogP contribution in [0.4, 0.5) is 17.5 Å². The van der Waals surface area contributed by atoms with E-state index in [2.05, 4.69) is 47.8 Å². The SMILES string of the molecule is Cc1nc2ncnn2c(N2CCC(N(c3cc(N(C)C)ncn3)C3CC3)CC2)c1C. The van der Waals surface area contributed by atoms with Crippen molar-refractivity contribution in [3.63, 3.8) is 0 Å². The van der Waals surface area contributed by atoms with Crippen LogP contribution in [-0.4, -0.2) is 68.8 Å². The molecule has 2 aliphatic rings. The van der Waals surface area contributed by atoms with Gasteiger partial charge in [0.2, 0.25) is 0 Å². The molecule has 0 radical (unpaired) electrons. The quantitative estimate of drug-likeness (QED) is 0.637. The minimum absolute atomic E-state index is 0.494. The van der Waals surface area contributed by atoms with E-state index >= 15 is 0 Å². The highest BCUT2D eigenvalue weighted by molar-refractivity contribution is 5.55. The Morgan fingerprint density at radius 1 is 0.900 bits per heavy atom. The maximum absolute atomic E-state index is 4.64. The summed E-state index contributed by atoms with van der Waals surface area (Å²) in [6.45, 7) is 6.15. The van der Waals surface area contributed by atoms with Gasteiger partial charge in [0.15, 0.2) is 0 Å². The number of aromatic nitrogens is 6. The summed E-state index contributed by atoms with van der Waals surface area (Å²) in [5, 5.41) is 4.43. The van der Waals surface area contributed by atoms with Crippen molar-refractivity contribution >= 4 is 23.2 Å². The van der Waals surface area contributed by atoms with Gasteiger partial charge in [-0.2, -0.15) is 14.6 Å². The number of rotatable bonds is 5. The van der Waals surface area contributed by atoms with Crippen molar-refractivity contribution in [1.82, 2.24) is 29.5 Å². The number of nitrogens with zero attached hydrogens (tertiary/aromatic N) is 9. The Bertz CT molecular complexity index is 1050. The first-order chi connectivity index (χ1) is 14.5. The third-order valence-electron chi connectivity index (χ3n) is 6.33. The van der Waals surface area contributed by atoms with Gasteiger partial charge < -0.3 is 14.7 Å². The van der Waals surface area contributed by atoms with Crippen molar-refractivity contribution in [3.05, 3.63) is 30.0 Å². The Labute approximate surface area is 176 Å². The first-order valence-corrected chi connectivity index (χ1v) is 10.7. The molecular weight excluding hydrogens is 378 g/mol. The third kappa shape index (κ3) is 3.32. The topological polar surface area (TPSA) is 78.6 Å². The fourth-order valence-electron chi connectivity index (χ4n) is 4.49. The van der Waals surface area contributed by atoms with Crippen LogP contribution in [0.3, 0.4) is 0 Å². The summed E-state index contributed by atoms with van der Waals surface area (Å²) in [5.74, 6) is 3.82. The molecule has 9 nitrogen and oxygen atoms in total. The average molecular weight is 408 g/mol. The maximum Gasteiger partial charge on any atom is 0.254 e. The minimum atomic E-state index is 0.494. The molecule has 9 heteroatoms. The molecule has 0 aromatic carbocycles. The molecule has 1 saturated carbocycles. The molecule has 30 heavy (non-hydrogen) atoms. The summed E-state index contributed by atoms with van der Waals surface area (Å²) in [7, 11) is 4.05. The summed E-state index contributed by atoms with van der Waals surface area (Å²) >= 11 is 0. The van der Waals surface area contributed by atoms with Crippen LogP contribution in [0.1, 0.15) is 36.9 Å². The molecule has 1 saturated heterocycles. The number of hydrogen-bond acceptors (Lipinski definition) is 8. The van der Waals surface area contributed by atoms with Crippen molar-refractivity contribution in [3.8, 4) is 0 Å². The lowest BCUT2D eigenvalue weighted by atomic mass is 10.0. The zero-order valence-corrected chi connectivity index (χ0v) is 18.2. The van der Waals surface area contributed by atoms with Crippen molar-refractivity contribution < 1.29 is 0 Å². The van der Waals surface area contributed by atoms with Gasteiger partial charge in [-0.1, -0.05) is 0 Å². The van der Waals surface area contributed by atoms with Crippen LogP contribution in [0.25, 0.3) is 5.78 Å². The number of aryl methyl sites for hydroxylation is 1. The van der Waals surface area contributed by atoms with E-state index in [1.807, 2.05) is 30.4 Å². The summed E-state index contributed by atoms with van der Waals surface area (Å²) < 4.78 is 1.88. The molecule has 0 amide bonds. The number of anilines is 3. The molecule has 1 aliphatic carbocycles. The molecule has 5 rings (SSSR count). The van der Waals surface area contributed by atoms with Gasteiger partial charge in [-0.15, -0.1) is 0 Å². The molecular formula is C21H29N9. The van der Waals surface area contributed by atoms with Crippen LogP contribution in [0.5, 0.6) is 0 Å². The van der Waals surface area contributed by atoms with Gasteiger partial charge >= 0.3 is 0 Å². The predicted octanol–water partition coefficient (Wildman–Crippen LogP) is 2.23. The Balaban J connectivity index is 1.38. The predicted molar refractivity (Wildman–Crippen MR) is 117 cm³/mol. The summed E-state index contributed by atoms with van der Waals surface area (Å²) in [4.78, 5) is 24.9. The van der Waals surface area contributed by atoms with Gasteiger partial charge in [0.1, 0.15) is 30.1 Å². The van der Waals surface area contributed by atoms with Gasteiger partial charge in [-0.05, 0) is 39.5 Å². The number of piperidine rings is 1. The van der Waals surface area contributed by atoms with Crippen LogP contribution >= 0.6 is 0 Å². The molecule has 3 aromatic heterocycles. The fraction of sp³-hybridized carbons (Fsp3) is 0.571. The van der Waals surface area contributed by atoms with Crippen LogP contribution in [0, 0.1) is 13.8 Å².